The second-order valence-electron chi connectivity index (χ2n) is 5.06. The molecule has 0 fully saturated rings. The van der Waals surface area contributed by atoms with E-state index in [4.69, 9.17) is 4.74 Å². The molecular formula is C12H27NO. The van der Waals surface area contributed by atoms with Crippen LogP contribution in [-0.4, -0.2) is 26.3 Å². The molecule has 0 amide bonds. The van der Waals surface area contributed by atoms with Crippen LogP contribution in [0.2, 0.25) is 0 Å². The minimum Gasteiger partial charge on any atom is -0.379 e. The Labute approximate surface area is 89.4 Å². The van der Waals surface area contributed by atoms with Crippen LogP contribution in [0.1, 0.15) is 47.0 Å². The van der Waals surface area contributed by atoms with Crippen molar-refractivity contribution in [2.45, 2.75) is 59.1 Å². The van der Waals surface area contributed by atoms with Gasteiger partial charge >= 0.3 is 0 Å². The Morgan fingerprint density at radius 2 is 1.86 bits per heavy atom. The van der Waals surface area contributed by atoms with E-state index in [-0.39, 0.29) is 5.41 Å². The molecule has 0 radical (unpaired) electrons. The first kappa shape index (κ1) is 13.9. The van der Waals surface area contributed by atoms with Gasteiger partial charge in [0.05, 0.1) is 6.10 Å². The minimum atomic E-state index is 0.205. The second kappa shape index (κ2) is 6.41. The third-order valence-electron chi connectivity index (χ3n) is 2.71. The van der Waals surface area contributed by atoms with Crippen LogP contribution in [0, 0.1) is 5.41 Å². The van der Waals surface area contributed by atoms with Gasteiger partial charge in [-0.2, -0.15) is 0 Å². The molecule has 0 aliphatic carbocycles. The summed E-state index contributed by atoms with van der Waals surface area (Å²) in [6.07, 6.45) is 4.00. The molecule has 1 N–H and O–H groups in total. The van der Waals surface area contributed by atoms with E-state index in [9.17, 15) is 0 Å². The highest BCUT2D eigenvalue weighted by atomic mass is 16.5. The Kier molecular flexibility index (Phi) is 6.38. The van der Waals surface area contributed by atoms with Crippen LogP contribution in [0.25, 0.3) is 0 Å². The van der Waals surface area contributed by atoms with Gasteiger partial charge in [-0.3, -0.25) is 0 Å². The van der Waals surface area contributed by atoms with Crippen LogP contribution < -0.4 is 5.32 Å². The number of likely N-dealkylation sites (N-methyl/N-ethyl adjacent to an activating group) is 1. The van der Waals surface area contributed by atoms with Gasteiger partial charge in [-0.15, -0.1) is 0 Å². The standard InChI is InChI=1S/C12H27NO/c1-7-8-9-10(13-5)11(14-6)12(2,3)4/h10-11,13H,7-9H2,1-6H3. The summed E-state index contributed by atoms with van der Waals surface area (Å²) in [7, 11) is 3.84. The smallest absolute Gasteiger partial charge is 0.0772 e. The highest BCUT2D eigenvalue weighted by Gasteiger charge is 2.30. The molecule has 14 heavy (non-hydrogen) atoms. The van der Waals surface area contributed by atoms with Crippen LogP contribution >= 0.6 is 0 Å². The van der Waals surface area contributed by atoms with E-state index >= 15 is 0 Å². The van der Waals surface area contributed by atoms with Crippen LogP contribution in [-0.2, 0) is 4.74 Å². The molecule has 86 valence electrons. The lowest BCUT2D eigenvalue weighted by atomic mass is 9.83. The third kappa shape index (κ3) is 4.43. The summed E-state index contributed by atoms with van der Waals surface area (Å²) < 4.78 is 5.60. The minimum absolute atomic E-state index is 0.205. The molecule has 0 saturated heterocycles. The Morgan fingerprint density at radius 1 is 1.29 bits per heavy atom. The zero-order valence-corrected chi connectivity index (χ0v) is 10.7. The van der Waals surface area contributed by atoms with Gasteiger partial charge in [-0.05, 0) is 18.9 Å². The zero-order valence-electron chi connectivity index (χ0n) is 10.7. The fourth-order valence-electron chi connectivity index (χ4n) is 1.99. The fraction of sp³-hybridized carbons (Fsp3) is 1.00. The van der Waals surface area contributed by atoms with Crippen molar-refractivity contribution < 1.29 is 4.74 Å². The van der Waals surface area contributed by atoms with Crippen LogP contribution in [0.3, 0.4) is 0 Å². The molecule has 2 nitrogen and oxygen atoms in total. The molecule has 0 saturated carbocycles. The van der Waals surface area contributed by atoms with Crippen molar-refractivity contribution in [3.05, 3.63) is 0 Å². The molecule has 0 aliphatic rings. The SMILES string of the molecule is CCCCC(NC)C(OC)C(C)(C)C. The lowest BCUT2D eigenvalue weighted by Gasteiger charge is -2.36. The summed E-state index contributed by atoms with van der Waals surface area (Å²) in [4.78, 5) is 0. The molecule has 0 aliphatic heterocycles. The number of nitrogens with one attached hydrogen (secondary N) is 1. The topological polar surface area (TPSA) is 21.3 Å². The molecule has 0 spiro atoms. The molecule has 2 atom stereocenters. The van der Waals surface area contributed by atoms with Crippen LogP contribution in [0.15, 0.2) is 0 Å². The van der Waals surface area contributed by atoms with E-state index in [0.29, 0.717) is 12.1 Å². The maximum atomic E-state index is 5.60. The van der Waals surface area contributed by atoms with Gasteiger partial charge < -0.3 is 10.1 Å². The number of methoxy groups -OCH3 is 1. The van der Waals surface area contributed by atoms with Crippen LogP contribution in [0.5, 0.6) is 0 Å². The number of unbranched alkanes of at least 4 members (excludes halogenated alkanes) is 1. The van der Waals surface area contributed by atoms with Crippen molar-refractivity contribution in [2.75, 3.05) is 14.2 Å². The maximum absolute atomic E-state index is 5.60. The number of ether oxygens (including phenoxy) is 1. The molecule has 0 aromatic rings. The lowest BCUT2D eigenvalue weighted by molar-refractivity contribution is -0.0117. The Bertz CT molecular complexity index is 140. The highest BCUT2D eigenvalue weighted by molar-refractivity contribution is 4.85. The van der Waals surface area contributed by atoms with E-state index in [0.717, 1.165) is 0 Å². The Morgan fingerprint density at radius 3 is 2.14 bits per heavy atom. The summed E-state index contributed by atoms with van der Waals surface area (Å²) in [6.45, 7) is 8.93. The van der Waals surface area contributed by atoms with Crippen LogP contribution in [0.4, 0.5) is 0 Å². The van der Waals surface area contributed by atoms with Gasteiger partial charge in [0.15, 0.2) is 0 Å². The van der Waals surface area contributed by atoms with Crippen molar-refractivity contribution in [3.8, 4) is 0 Å². The first-order valence-corrected chi connectivity index (χ1v) is 5.67. The van der Waals surface area contributed by atoms with E-state index in [1.165, 1.54) is 19.3 Å². The predicted octanol–water partition coefficient (Wildman–Crippen LogP) is 2.83. The van der Waals surface area contributed by atoms with Crippen molar-refractivity contribution in [2.24, 2.45) is 5.41 Å². The van der Waals surface area contributed by atoms with E-state index < -0.39 is 0 Å². The molecule has 0 heterocycles. The van der Waals surface area contributed by atoms with Crippen molar-refractivity contribution in [3.63, 3.8) is 0 Å². The molecular weight excluding hydrogens is 174 g/mol. The predicted molar refractivity (Wildman–Crippen MR) is 62.6 cm³/mol. The molecule has 0 aromatic heterocycles. The zero-order chi connectivity index (χ0) is 11.2. The molecule has 0 rings (SSSR count). The number of rotatable bonds is 6. The molecule has 2 heteroatoms. The van der Waals surface area contributed by atoms with Gasteiger partial charge in [-0.25, -0.2) is 0 Å². The first-order valence-electron chi connectivity index (χ1n) is 5.67. The van der Waals surface area contributed by atoms with E-state index in [1.54, 1.807) is 0 Å². The summed E-state index contributed by atoms with van der Waals surface area (Å²) in [5.41, 5.74) is 0.205. The average molecular weight is 201 g/mol. The number of hydrogen-bond donors (Lipinski definition) is 1. The largest absolute Gasteiger partial charge is 0.379 e. The second-order valence-corrected chi connectivity index (χ2v) is 5.06. The summed E-state index contributed by atoms with van der Waals surface area (Å²) >= 11 is 0. The highest BCUT2D eigenvalue weighted by Crippen LogP contribution is 2.26. The van der Waals surface area contributed by atoms with E-state index in [2.05, 4.69) is 33.0 Å². The molecule has 0 bridgehead atoms. The Hall–Kier alpha value is -0.0800. The van der Waals surface area contributed by atoms with Crippen molar-refractivity contribution >= 4 is 0 Å². The Balaban J connectivity index is 4.29. The lowest BCUT2D eigenvalue weighted by Crippen LogP contribution is -2.46. The average Bonchev–Trinajstić information content (AvgIpc) is 2.09. The quantitative estimate of drug-likeness (QED) is 0.713. The number of hydrogen-bond acceptors (Lipinski definition) is 2. The van der Waals surface area contributed by atoms with Crippen molar-refractivity contribution in [1.82, 2.24) is 5.32 Å². The summed E-state index contributed by atoms with van der Waals surface area (Å²) in [5, 5.41) is 3.37. The van der Waals surface area contributed by atoms with Gasteiger partial charge in [0.1, 0.15) is 0 Å². The summed E-state index contributed by atoms with van der Waals surface area (Å²) in [5.74, 6) is 0. The van der Waals surface area contributed by atoms with Gasteiger partial charge in [0.2, 0.25) is 0 Å². The van der Waals surface area contributed by atoms with Gasteiger partial charge in [0, 0.05) is 13.2 Å². The third-order valence-corrected chi connectivity index (χ3v) is 2.71. The molecule has 2 unspecified atom stereocenters. The normalized spacial score (nSPS) is 16.7. The monoisotopic (exact) mass is 201 g/mol. The van der Waals surface area contributed by atoms with Gasteiger partial charge in [0.25, 0.3) is 0 Å². The fourth-order valence-corrected chi connectivity index (χ4v) is 1.99. The van der Waals surface area contributed by atoms with Crippen molar-refractivity contribution in [1.29, 1.82) is 0 Å². The van der Waals surface area contributed by atoms with E-state index in [1.807, 2.05) is 14.2 Å². The first-order chi connectivity index (χ1) is 6.47. The summed E-state index contributed by atoms with van der Waals surface area (Å²) in [6, 6.07) is 0.472. The van der Waals surface area contributed by atoms with Gasteiger partial charge in [-0.1, -0.05) is 40.5 Å². The molecule has 0 aromatic carbocycles. The maximum Gasteiger partial charge on any atom is 0.0772 e.